The highest BCUT2D eigenvalue weighted by Gasteiger charge is 2.27. The minimum Gasteiger partial charge on any atom is -0.496 e. The summed E-state index contributed by atoms with van der Waals surface area (Å²) in [6, 6.07) is 22.5. The fourth-order valence-electron chi connectivity index (χ4n) is 5.13. The standard InChI is InChI=1S/C34H46N2O6/c1-37-17-5-20-41-33-21-26(9-10-28(33)22-35)24-42-34-23-36-16-15-31(34)27-11-13-30(14-12-27)40-19-6-18-39-25-29-7-3-4-8-32(29)38-2/h3-4,7-14,21,31,34,36H,5-6,15-20,22-25,35H2,1-2H3. The second-order valence-corrected chi connectivity index (χ2v) is 10.4. The van der Waals surface area contributed by atoms with Crippen molar-refractivity contribution in [2.24, 2.45) is 5.73 Å². The van der Waals surface area contributed by atoms with E-state index in [2.05, 4.69) is 41.7 Å². The molecule has 1 saturated heterocycles. The van der Waals surface area contributed by atoms with E-state index in [1.807, 2.05) is 30.3 Å². The molecule has 228 valence electrons. The van der Waals surface area contributed by atoms with Gasteiger partial charge in [-0.05, 0) is 48.4 Å². The van der Waals surface area contributed by atoms with E-state index in [1.165, 1.54) is 5.56 Å². The SMILES string of the molecule is COCCCOc1cc(COC2CNCCC2c2ccc(OCCCOCc3ccccc3OC)cc2)ccc1CN. The highest BCUT2D eigenvalue weighted by atomic mass is 16.5. The molecule has 2 unspecified atom stereocenters. The summed E-state index contributed by atoms with van der Waals surface area (Å²) in [5, 5.41) is 3.49. The van der Waals surface area contributed by atoms with E-state index in [1.54, 1.807) is 14.2 Å². The van der Waals surface area contributed by atoms with Crippen LogP contribution in [0.25, 0.3) is 0 Å². The van der Waals surface area contributed by atoms with E-state index in [0.717, 1.165) is 66.3 Å². The third-order valence-corrected chi connectivity index (χ3v) is 7.45. The molecule has 0 spiro atoms. The molecule has 42 heavy (non-hydrogen) atoms. The predicted molar refractivity (Wildman–Crippen MR) is 164 cm³/mol. The van der Waals surface area contributed by atoms with E-state index < -0.39 is 0 Å². The number of nitrogens with two attached hydrogens (primary N) is 1. The number of nitrogens with one attached hydrogen (secondary N) is 1. The molecule has 1 aliphatic rings. The Balaban J connectivity index is 1.23. The van der Waals surface area contributed by atoms with Crippen molar-refractivity contribution in [1.82, 2.24) is 5.32 Å². The highest BCUT2D eigenvalue weighted by Crippen LogP contribution is 2.30. The maximum atomic E-state index is 6.46. The molecule has 0 amide bonds. The summed E-state index contributed by atoms with van der Waals surface area (Å²) in [5.41, 5.74) is 10.3. The van der Waals surface area contributed by atoms with Gasteiger partial charge in [0.25, 0.3) is 0 Å². The Bertz CT molecular complexity index is 1190. The van der Waals surface area contributed by atoms with E-state index in [0.29, 0.717) is 52.1 Å². The van der Waals surface area contributed by atoms with Crippen LogP contribution in [0.5, 0.6) is 17.2 Å². The molecule has 0 saturated carbocycles. The number of para-hydroxylation sites is 1. The molecule has 3 N–H and O–H groups in total. The number of rotatable bonds is 18. The van der Waals surface area contributed by atoms with Crippen molar-refractivity contribution >= 4 is 0 Å². The fraction of sp³-hybridized carbons (Fsp3) is 0.471. The van der Waals surface area contributed by atoms with Gasteiger partial charge in [0.05, 0.1) is 46.2 Å². The first-order chi connectivity index (χ1) is 20.7. The molecule has 0 aromatic heterocycles. The number of hydrogen-bond donors (Lipinski definition) is 2. The van der Waals surface area contributed by atoms with Gasteiger partial charge in [-0.1, -0.05) is 42.5 Å². The van der Waals surface area contributed by atoms with Crippen molar-refractivity contribution in [2.45, 2.75) is 51.0 Å². The third kappa shape index (κ3) is 9.71. The molecular formula is C34H46N2O6. The lowest BCUT2D eigenvalue weighted by molar-refractivity contribution is 0.0105. The van der Waals surface area contributed by atoms with Crippen LogP contribution in [0.15, 0.2) is 66.7 Å². The number of benzene rings is 3. The van der Waals surface area contributed by atoms with Crippen LogP contribution in [0.3, 0.4) is 0 Å². The number of methoxy groups -OCH3 is 2. The Morgan fingerprint density at radius 3 is 2.43 bits per heavy atom. The van der Waals surface area contributed by atoms with Crippen LogP contribution in [0.1, 0.15) is 47.4 Å². The maximum Gasteiger partial charge on any atom is 0.124 e. The lowest BCUT2D eigenvalue weighted by Gasteiger charge is -2.32. The van der Waals surface area contributed by atoms with E-state index in [4.69, 9.17) is 34.2 Å². The van der Waals surface area contributed by atoms with Gasteiger partial charge in [0.15, 0.2) is 0 Å². The first-order valence-corrected chi connectivity index (χ1v) is 14.9. The van der Waals surface area contributed by atoms with Gasteiger partial charge in [-0.25, -0.2) is 0 Å². The van der Waals surface area contributed by atoms with Crippen LogP contribution in [0, 0.1) is 0 Å². The van der Waals surface area contributed by atoms with Gasteiger partial charge < -0.3 is 39.5 Å². The average molecular weight is 579 g/mol. The number of ether oxygens (including phenoxy) is 6. The largest absolute Gasteiger partial charge is 0.496 e. The lowest BCUT2D eigenvalue weighted by Crippen LogP contribution is -2.40. The lowest BCUT2D eigenvalue weighted by atomic mass is 9.87. The molecule has 2 atom stereocenters. The van der Waals surface area contributed by atoms with Crippen LogP contribution >= 0.6 is 0 Å². The van der Waals surface area contributed by atoms with Crippen molar-refractivity contribution in [2.75, 3.05) is 53.7 Å². The van der Waals surface area contributed by atoms with E-state index >= 15 is 0 Å². The zero-order valence-corrected chi connectivity index (χ0v) is 25.0. The van der Waals surface area contributed by atoms with Crippen molar-refractivity contribution in [3.8, 4) is 17.2 Å². The topological polar surface area (TPSA) is 93.4 Å². The van der Waals surface area contributed by atoms with Gasteiger partial charge >= 0.3 is 0 Å². The minimum atomic E-state index is 0.0752. The first kappa shape index (κ1) is 31.8. The Hall–Kier alpha value is -3.14. The molecule has 1 heterocycles. The van der Waals surface area contributed by atoms with Crippen LogP contribution in [-0.4, -0.2) is 59.8 Å². The summed E-state index contributed by atoms with van der Waals surface area (Å²) in [5.74, 6) is 2.86. The monoisotopic (exact) mass is 578 g/mol. The summed E-state index contributed by atoms with van der Waals surface area (Å²) >= 11 is 0. The van der Waals surface area contributed by atoms with Gasteiger partial charge in [0.1, 0.15) is 17.2 Å². The van der Waals surface area contributed by atoms with Gasteiger partial charge in [-0.3, -0.25) is 0 Å². The molecule has 3 aromatic rings. The Morgan fingerprint density at radius 1 is 0.810 bits per heavy atom. The quantitative estimate of drug-likeness (QED) is 0.199. The molecular weight excluding hydrogens is 532 g/mol. The normalized spacial score (nSPS) is 16.7. The van der Waals surface area contributed by atoms with Crippen LogP contribution in [-0.2, 0) is 34.0 Å². The minimum absolute atomic E-state index is 0.0752. The van der Waals surface area contributed by atoms with Crippen molar-refractivity contribution in [1.29, 1.82) is 0 Å². The van der Waals surface area contributed by atoms with Gasteiger partial charge in [-0.2, -0.15) is 0 Å². The second-order valence-electron chi connectivity index (χ2n) is 10.4. The molecule has 1 aliphatic heterocycles. The zero-order chi connectivity index (χ0) is 29.4. The van der Waals surface area contributed by atoms with Gasteiger partial charge in [-0.15, -0.1) is 0 Å². The van der Waals surface area contributed by atoms with Crippen molar-refractivity contribution in [3.63, 3.8) is 0 Å². The number of hydrogen-bond acceptors (Lipinski definition) is 8. The van der Waals surface area contributed by atoms with Crippen molar-refractivity contribution in [3.05, 3.63) is 89.0 Å². The molecule has 0 aliphatic carbocycles. The van der Waals surface area contributed by atoms with E-state index in [-0.39, 0.29) is 6.10 Å². The summed E-state index contributed by atoms with van der Waals surface area (Å²) in [4.78, 5) is 0. The van der Waals surface area contributed by atoms with Crippen LogP contribution in [0.2, 0.25) is 0 Å². The summed E-state index contributed by atoms with van der Waals surface area (Å²) in [6.07, 6.45) is 2.74. The van der Waals surface area contributed by atoms with E-state index in [9.17, 15) is 0 Å². The number of piperidine rings is 1. The molecule has 0 bridgehead atoms. The third-order valence-electron chi connectivity index (χ3n) is 7.45. The summed E-state index contributed by atoms with van der Waals surface area (Å²) in [7, 11) is 3.38. The zero-order valence-electron chi connectivity index (χ0n) is 25.0. The molecule has 8 nitrogen and oxygen atoms in total. The Morgan fingerprint density at radius 2 is 1.62 bits per heavy atom. The molecule has 3 aromatic carbocycles. The van der Waals surface area contributed by atoms with Gasteiger partial charge in [0.2, 0.25) is 0 Å². The second kappa shape index (κ2) is 17.7. The van der Waals surface area contributed by atoms with Crippen LogP contribution in [0.4, 0.5) is 0 Å². The highest BCUT2D eigenvalue weighted by molar-refractivity contribution is 5.37. The maximum absolute atomic E-state index is 6.46. The molecule has 8 heteroatoms. The first-order valence-electron chi connectivity index (χ1n) is 14.9. The van der Waals surface area contributed by atoms with Gasteiger partial charge in [0, 0.05) is 56.7 Å². The Kier molecular flexibility index (Phi) is 13.4. The molecule has 4 rings (SSSR count). The van der Waals surface area contributed by atoms with Crippen LogP contribution < -0.4 is 25.3 Å². The molecule has 0 radical (unpaired) electrons. The Labute approximate surface area is 250 Å². The predicted octanol–water partition coefficient (Wildman–Crippen LogP) is 5.22. The average Bonchev–Trinajstić information content (AvgIpc) is 3.04. The smallest absolute Gasteiger partial charge is 0.124 e. The fourth-order valence-corrected chi connectivity index (χ4v) is 5.13. The van der Waals surface area contributed by atoms with Crippen molar-refractivity contribution < 1.29 is 28.4 Å². The molecule has 1 fully saturated rings. The summed E-state index contributed by atoms with van der Waals surface area (Å²) in [6.45, 7) is 5.77. The summed E-state index contributed by atoms with van der Waals surface area (Å²) < 4.78 is 34.7.